The van der Waals surface area contributed by atoms with Crippen LogP contribution in [0, 0.1) is 26.7 Å². The summed E-state index contributed by atoms with van der Waals surface area (Å²) in [6, 6.07) is 16.2. The summed E-state index contributed by atoms with van der Waals surface area (Å²) in [7, 11) is 0. The van der Waals surface area contributed by atoms with Gasteiger partial charge in [-0.15, -0.1) is 12.8 Å². The molecule has 0 aliphatic rings. The smallest absolute Gasteiger partial charge is 0.159 e. The molecule has 0 N–H and O–H groups in total. The topological polar surface area (TPSA) is 17.1 Å². The second kappa shape index (κ2) is 17.6. The molecule has 1 radical (unpaired) electrons. The third-order valence-corrected chi connectivity index (χ3v) is 3.16. The Morgan fingerprint density at radius 2 is 1.42 bits per heavy atom. The van der Waals surface area contributed by atoms with Crippen LogP contribution in [0.2, 0.25) is 0 Å². The Bertz CT molecular complexity index is 571. The summed E-state index contributed by atoms with van der Waals surface area (Å²) in [5.41, 5.74) is 4.62. The first-order valence-corrected chi connectivity index (χ1v) is 8.00. The summed E-state index contributed by atoms with van der Waals surface area (Å²) < 4.78 is 0. The summed E-state index contributed by atoms with van der Waals surface area (Å²) in [6.45, 7) is 11.8. The van der Waals surface area contributed by atoms with Gasteiger partial charge >= 0.3 is 0 Å². The molecular formula is C22H30OV. The van der Waals surface area contributed by atoms with Crippen LogP contribution in [0.1, 0.15) is 54.7 Å². The number of hydrogen-bond acceptors (Lipinski definition) is 1. The average molecular weight is 361 g/mol. The quantitative estimate of drug-likeness (QED) is 0.472. The molecule has 0 aromatic heterocycles. The molecule has 0 amide bonds. The van der Waals surface area contributed by atoms with Crippen molar-refractivity contribution in [1.29, 1.82) is 0 Å². The van der Waals surface area contributed by atoms with E-state index >= 15 is 0 Å². The number of terminal acetylenes is 1. The van der Waals surface area contributed by atoms with Gasteiger partial charge in [0, 0.05) is 24.1 Å². The Hall–Kier alpha value is -1.75. The number of carbonyl (C=O) groups is 1. The van der Waals surface area contributed by atoms with E-state index in [0.717, 1.165) is 12.0 Å². The molecule has 0 aliphatic heterocycles. The molecule has 0 heterocycles. The van der Waals surface area contributed by atoms with Crippen molar-refractivity contribution in [3.05, 3.63) is 70.8 Å². The molecule has 2 aromatic carbocycles. The van der Waals surface area contributed by atoms with Gasteiger partial charge in [0.1, 0.15) is 0 Å². The van der Waals surface area contributed by atoms with Crippen molar-refractivity contribution < 1.29 is 23.4 Å². The van der Waals surface area contributed by atoms with Gasteiger partial charge in [-0.3, -0.25) is 4.79 Å². The summed E-state index contributed by atoms with van der Waals surface area (Å²) in [5, 5.41) is 0. The molecule has 0 bridgehead atoms. The summed E-state index contributed by atoms with van der Waals surface area (Å²) in [4.78, 5) is 10.9. The Balaban J connectivity index is -0.000000302. The third kappa shape index (κ3) is 11.8. The minimum Gasteiger partial charge on any atom is -0.295 e. The van der Waals surface area contributed by atoms with E-state index in [1.54, 1.807) is 6.92 Å². The van der Waals surface area contributed by atoms with Gasteiger partial charge < -0.3 is 0 Å². The van der Waals surface area contributed by atoms with Gasteiger partial charge in [0.25, 0.3) is 0 Å². The zero-order chi connectivity index (χ0) is 18.3. The van der Waals surface area contributed by atoms with Crippen LogP contribution < -0.4 is 0 Å². The first-order chi connectivity index (χ1) is 11.0. The zero-order valence-electron chi connectivity index (χ0n) is 15.8. The van der Waals surface area contributed by atoms with Crippen molar-refractivity contribution >= 4 is 5.78 Å². The molecule has 0 saturated carbocycles. The van der Waals surface area contributed by atoms with Crippen LogP contribution in [0.5, 0.6) is 0 Å². The molecule has 0 atom stereocenters. The van der Waals surface area contributed by atoms with Crippen LogP contribution in [-0.2, 0) is 25.0 Å². The monoisotopic (exact) mass is 361 g/mol. The van der Waals surface area contributed by atoms with E-state index in [9.17, 15) is 4.79 Å². The maximum Gasteiger partial charge on any atom is 0.159 e. The minimum absolute atomic E-state index is 0. The van der Waals surface area contributed by atoms with Crippen LogP contribution >= 0.6 is 0 Å². The van der Waals surface area contributed by atoms with E-state index in [4.69, 9.17) is 0 Å². The number of Topliss-reactive ketones (excluding diaryl/α,β-unsaturated/α-hetero) is 1. The maximum atomic E-state index is 10.9. The summed E-state index contributed by atoms with van der Waals surface area (Å²) >= 11 is 0. The molecule has 2 aromatic rings. The number of aryl methyl sites for hydroxylation is 3. The fraction of sp³-hybridized carbons (Fsp3) is 0.318. The van der Waals surface area contributed by atoms with Gasteiger partial charge in [0.2, 0.25) is 0 Å². The van der Waals surface area contributed by atoms with Crippen molar-refractivity contribution in [3.63, 3.8) is 0 Å². The molecule has 0 unspecified atom stereocenters. The second-order valence-corrected chi connectivity index (χ2v) is 4.69. The maximum absolute atomic E-state index is 10.9. The van der Waals surface area contributed by atoms with E-state index in [-0.39, 0.29) is 24.3 Å². The Kier molecular flexibility index (Phi) is 19.9. The second-order valence-electron chi connectivity index (χ2n) is 4.69. The molecule has 1 nitrogen and oxygen atoms in total. The van der Waals surface area contributed by atoms with Crippen molar-refractivity contribution in [2.75, 3.05) is 0 Å². The van der Waals surface area contributed by atoms with Crippen molar-refractivity contribution in [3.8, 4) is 12.8 Å². The number of ketones is 1. The van der Waals surface area contributed by atoms with E-state index in [0.29, 0.717) is 0 Å². The fourth-order valence-electron chi connectivity index (χ4n) is 1.67. The first kappa shape index (κ1) is 27.1. The molecule has 0 spiro atoms. The molecule has 0 aliphatic carbocycles. The molecule has 2 rings (SSSR count). The molecule has 0 fully saturated rings. The molecule has 129 valence electrons. The zero-order valence-corrected chi connectivity index (χ0v) is 17.2. The molecule has 0 saturated heterocycles. The largest absolute Gasteiger partial charge is 0.295 e. The third-order valence-electron chi connectivity index (χ3n) is 3.16. The van der Waals surface area contributed by atoms with Crippen LogP contribution in [0.15, 0.2) is 48.5 Å². The van der Waals surface area contributed by atoms with Crippen molar-refractivity contribution in [2.24, 2.45) is 0 Å². The van der Waals surface area contributed by atoms with Gasteiger partial charge in [-0.1, -0.05) is 63.2 Å². The molecular weight excluding hydrogens is 331 g/mol. The van der Waals surface area contributed by atoms with E-state index in [2.05, 4.69) is 44.0 Å². The van der Waals surface area contributed by atoms with Gasteiger partial charge in [-0.2, -0.15) is 0 Å². The SMILES string of the molecule is C#C.CC.CC(=O)c1ccc(C)c(C)c1.CCc1ccccc1.[V]. The van der Waals surface area contributed by atoms with Crippen LogP contribution in [0.25, 0.3) is 0 Å². The minimum atomic E-state index is 0. The molecule has 2 heteroatoms. The normalized spacial score (nSPS) is 7.83. The van der Waals surface area contributed by atoms with Crippen molar-refractivity contribution in [2.45, 2.75) is 48.0 Å². The number of rotatable bonds is 2. The number of benzene rings is 2. The van der Waals surface area contributed by atoms with E-state index in [1.807, 2.05) is 52.0 Å². The summed E-state index contributed by atoms with van der Waals surface area (Å²) in [5.74, 6) is 0.133. The van der Waals surface area contributed by atoms with Gasteiger partial charge in [0.05, 0.1) is 0 Å². The van der Waals surface area contributed by atoms with Crippen LogP contribution in [0.4, 0.5) is 0 Å². The van der Waals surface area contributed by atoms with Crippen LogP contribution in [-0.4, -0.2) is 5.78 Å². The van der Waals surface area contributed by atoms with E-state index < -0.39 is 0 Å². The van der Waals surface area contributed by atoms with E-state index in [1.165, 1.54) is 16.7 Å². The number of hydrogen-bond donors (Lipinski definition) is 0. The van der Waals surface area contributed by atoms with Crippen molar-refractivity contribution in [1.82, 2.24) is 0 Å². The Morgan fingerprint density at radius 1 is 0.917 bits per heavy atom. The predicted octanol–water partition coefficient (Wildman–Crippen LogP) is 6.03. The standard InChI is InChI=1S/C10H12O.C8H10.C2H6.C2H2.V/c1-7-4-5-10(9(3)11)6-8(7)2;1-2-8-6-4-3-5-7-8;2*1-2;/h4-6H,1-3H3;3-7H,2H2,1H3;1-2H3;1-2H;. The fourth-order valence-corrected chi connectivity index (χ4v) is 1.67. The Morgan fingerprint density at radius 3 is 1.75 bits per heavy atom. The molecule has 24 heavy (non-hydrogen) atoms. The van der Waals surface area contributed by atoms with Gasteiger partial charge in [-0.05, 0) is 49.9 Å². The predicted molar refractivity (Wildman–Crippen MR) is 103 cm³/mol. The average Bonchev–Trinajstić information content (AvgIpc) is 2.62. The van der Waals surface area contributed by atoms with Crippen LogP contribution in [0.3, 0.4) is 0 Å². The summed E-state index contributed by atoms with van der Waals surface area (Å²) in [6.07, 6.45) is 9.14. The number of carbonyl (C=O) groups excluding carboxylic acids is 1. The van der Waals surface area contributed by atoms with Gasteiger partial charge in [0.15, 0.2) is 5.78 Å². The first-order valence-electron chi connectivity index (χ1n) is 8.00. The Labute approximate surface area is 160 Å². The van der Waals surface area contributed by atoms with Gasteiger partial charge in [-0.25, -0.2) is 0 Å².